The van der Waals surface area contributed by atoms with Crippen molar-refractivity contribution in [2.45, 2.75) is 62.6 Å². The zero-order chi connectivity index (χ0) is 24.1. The molecule has 3 aliphatic heterocycles. The van der Waals surface area contributed by atoms with Gasteiger partial charge in [-0.25, -0.2) is 0 Å². The predicted octanol–water partition coefficient (Wildman–Crippen LogP) is 3.04. The van der Waals surface area contributed by atoms with Crippen LogP contribution in [0.4, 0.5) is 5.69 Å². The van der Waals surface area contributed by atoms with Gasteiger partial charge in [-0.2, -0.15) is 0 Å². The molecule has 1 aromatic carbocycles. The molecule has 4 rings (SSSR count). The van der Waals surface area contributed by atoms with Crippen molar-refractivity contribution >= 4 is 37.4 Å². The lowest BCUT2D eigenvalue weighted by Gasteiger charge is -2.32. The van der Waals surface area contributed by atoms with E-state index in [1.165, 1.54) is 0 Å². The van der Waals surface area contributed by atoms with Gasteiger partial charge in [-0.3, -0.25) is 9.59 Å². The number of carbonyl (C=O) groups is 2. The van der Waals surface area contributed by atoms with E-state index < -0.39 is 20.0 Å². The average Bonchev–Trinajstić information content (AvgIpc) is 3.39. The van der Waals surface area contributed by atoms with E-state index in [1.54, 1.807) is 28.0 Å². The van der Waals surface area contributed by atoms with Gasteiger partial charge in [0.2, 0.25) is 5.91 Å². The van der Waals surface area contributed by atoms with Gasteiger partial charge in [-0.15, -0.1) is 6.58 Å². The number of ether oxygens (including phenoxy) is 1. The summed E-state index contributed by atoms with van der Waals surface area (Å²) in [7, 11) is -2.85. The molecule has 2 N–H and O–H groups in total. The summed E-state index contributed by atoms with van der Waals surface area (Å²) in [6, 6.07) is 5.14. The summed E-state index contributed by atoms with van der Waals surface area (Å²) < 4.78 is 6.61. The molecule has 0 aromatic heterocycles. The number of aliphatic hydroxyl groups is 1. The lowest BCUT2D eigenvalue weighted by Crippen LogP contribution is -2.46. The third kappa shape index (κ3) is 3.85. The number of anilines is 1. The Hall–Kier alpha value is -1.71. The van der Waals surface area contributed by atoms with Crippen LogP contribution in [0.5, 0.6) is 0 Å². The topological polar surface area (TPSA) is 90.3 Å². The molecule has 0 unspecified atom stereocenters. The molecule has 3 heterocycles. The number of nitrogens with zero attached hydrogens (tertiary/aromatic N) is 2. The van der Waals surface area contributed by atoms with Crippen LogP contribution in [0.15, 0.2) is 30.9 Å². The summed E-state index contributed by atoms with van der Waals surface area (Å²) >= 11 is 6.34. The first-order chi connectivity index (χ1) is 15.6. The summed E-state index contributed by atoms with van der Waals surface area (Å²) in [4.78, 5) is 41.7. The third-order valence-corrected chi connectivity index (χ3v) is 10.3. The molecule has 1 spiro atoms. The summed E-state index contributed by atoms with van der Waals surface area (Å²) in [5.74, 6) is -0.669. The van der Waals surface area contributed by atoms with E-state index in [1.807, 2.05) is 26.1 Å². The van der Waals surface area contributed by atoms with Crippen LogP contribution in [0.1, 0.15) is 31.7 Å². The summed E-state index contributed by atoms with van der Waals surface area (Å²) in [6.45, 7) is 10.3. The molecule has 2 fully saturated rings. The second kappa shape index (κ2) is 8.81. The van der Waals surface area contributed by atoms with E-state index >= 15 is 0 Å². The van der Waals surface area contributed by atoms with Crippen molar-refractivity contribution in [3.63, 3.8) is 0 Å². The number of amides is 2. The normalized spacial score (nSPS) is 31.5. The number of halogens is 1. The summed E-state index contributed by atoms with van der Waals surface area (Å²) in [6.07, 6.45) is 2.75. The maximum atomic E-state index is 13.9. The minimum Gasteiger partial charge on any atom is -0.432 e. The number of aliphatic hydroxyl groups excluding tert-OH is 1. The number of rotatable bonds is 6. The van der Waals surface area contributed by atoms with Gasteiger partial charge in [0.25, 0.3) is 5.91 Å². The van der Waals surface area contributed by atoms with Gasteiger partial charge in [-0.05, 0) is 44.1 Å². The van der Waals surface area contributed by atoms with E-state index in [2.05, 4.69) is 6.58 Å². The number of likely N-dealkylation sites (tertiary alicyclic amines) is 1. The smallest absolute Gasteiger partial charge is 0.264 e. The van der Waals surface area contributed by atoms with Crippen LogP contribution < -0.4 is 4.90 Å². The van der Waals surface area contributed by atoms with E-state index in [9.17, 15) is 19.5 Å². The summed E-state index contributed by atoms with van der Waals surface area (Å²) in [5, 5.41) is 10.2. The molecule has 1 aromatic rings. The van der Waals surface area contributed by atoms with Crippen LogP contribution in [0.3, 0.4) is 0 Å². The second-order valence-electron chi connectivity index (χ2n) is 10.00. The molecule has 5 atom stereocenters. The van der Waals surface area contributed by atoms with E-state index in [-0.39, 0.29) is 42.3 Å². The Morgan fingerprint density at radius 2 is 2.15 bits per heavy atom. The van der Waals surface area contributed by atoms with E-state index in [4.69, 9.17) is 16.3 Å². The number of fused-ring (bicyclic) bond motifs is 2. The Kier molecular flexibility index (Phi) is 6.52. The Labute approximate surface area is 201 Å². The van der Waals surface area contributed by atoms with Crippen molar-refractivity contribution in [3.05, 3.63) is 41.4 Å². The van der Waals surface area contributed by atoms with Gasteiger partial charge in [0.1, 0.15) is 0 Å². The lowest BCUT2D eigenvalue weighted by molar-refractivity contribution is -0.149. The minimum atomic E-state index is -2.85. The zero-order valence-corrected chi connectivity index (χ0v) is 21.2. The Morgan fingerprint density at radius 1 is 1.42 bits per heavy atom. The van der Waals surface area contributed by atoms with Gasteiger partial charge in [-0.1, -0.05) is 24.6 Å². The molecular weight excluding hydrogens is 460 g/mol. The van der Waals surface area contributed by atoms with Crippen molar-refractivity contribution in [1.82, 2.24) is 4.90 Å². The number of carbonyl (C=O) groups excluding carboxylic acids is 2. The fourth-order valence-corrected chi connectivity index (χ4v) is 8.93. The van der Waals surface area contributed by atoms with E-state index in [0.717, 1.165) is 18.5 Å². The average molecular weight is 493 g/mol. The minimum absolute atomic E-state index is 0.0644. The Balaban J connectivity index is 1.75. The van der Waals surface area contributed by atoms with Gasteiger partial charge in [0, 0.05) is 35.1 Å². The largest absolute Gasteiger partial charge is 0.432 e. The quantitative estimate of drug-likeness (QED) is 0.470. The van der Waals surface area contributed by atoms with E-state index in [0.29, 0.717) is 23.7 Å². The molecule has 2 saturated heterocycles. The molecular formula is C24H33ClN2O5Si. The molecule has 33 heavy (non-hydrogen) atoms. The molecule has 0 aliphatic carbocycles. The van der Waals surface area contributed by atoms with Crippen molar-refractivity contribution in [2.24, 2.45) is 5.92 Å². The van der Waals surface area contributed by atoms with Crippen LogP contribution in [0, 0.1) is 5.92 Å². The highest BCUT2D eigenvalue weighted by atomic mass is 35.5. The van der Waals surface area contributed by atoms with Gasteiger partial charge in [0.15, 0.2) is 13.9 Å². The molecule has 9 heteroatoms. The summed E-state index contributed by atoms with van der Waals surface area (Å²) in [5.41, 5.74) is -0.245. The molecule has 0 saturated carbocycles. The lowest BCUT2D eigenvalue weighted by atomic mass is 9.82. The highest BCUT2D eigenvalue weighted by Gasteiger charge is 2.66. The first-order valence-electron chi connectivity index (χ1n) is 11.6. The standard InChI is InChI=1S/C24H33ClN2O5Si/c1-5-10-27-19-9-8-16(25)12-18(19)24(23(27)30)15(2)22(33(3,4)31)20(32-24)13-21(29)26-11-6-7-17(26)14-28/h5,8-9,12,15,17,20,22,28,31H,1,6-7,10-11,13-14H2,2-4H3/t15-,17+,20+,22-,24+/m1/s1. The van der Waals surface area contributed by atoms with Gasteiger partial charge in [0.05, 0.1) is 30.9 Å². The zero-order valence-electron chi connectivity index (χ0n) is 19.5. The maximum Gasteiger partial charge on any atom is 0.264 e. The molecule has 0 radical (unpaired) electrons. The van der Waals surface area contributed by atoms with Crippen LogP contribution in [-0.4, -0.2) is 66.8 Å². The monoisotopic (exact) mass is 492 g/mol. The van der Waals surface area contributed by atoms with Crippen LogP contribution >= 0.6 is 11.6 Å². The number of hydrogen-bond donors (Lipinski definition) is 2. The van der Waals surface area contributed by atoms with Crippen LogP contribution in [0.2, 0.25) is 23.7 Å². The number of hydrogen-bond acceptors (Lipinski definition) is 5. The Morgan fingerprint density at radius 3 is 2.79 bits per heavy atom. The third-order valence-electron chi connectivity index (χ3n) is 7.54. The van der Waals surface area contributed by atoms with Gasteiger partial charge >= 0.3 is 0 Å². The SMILES string of the molecule is C=CCN1C(=O)[C@@]2(O[C@@H](CC(=O)N3CCC[C@H]3CO)[C@H]([Si](C)(C)O)[C@H]2C)c2cc(Cl)ccc21. The molecule has 7 nitrogen and oxygen atoms in total. The maximum absolute atomic E-state index is 13.9. The van der Waals surface area contributed by atoms with Crippen molar-refractivity contribution in [3.8, 4) is 0 Å². The fourth-order valence-electron chi connectivity index (χ4n) is 6.20. The molecule has 3 aliphatic rings. The predicted molar refractivity (Wildman–Crippen MR) is 130 cm³/mol. The molecule has 0 bridgehead atoms. The van der Waals surface area contributed by atoms with Crippen molar-refractivity contribution in [2.75, 3.05) is 24.6 Å². The van der Waals surface area contributed by atoms with Crippen LogP contribution in [0.25, 0.3) is 0 Å². The van der Waals surface area contributed by atoms with Crippen molar-refractivity contribution < 1.29 is 24.2 Å². The molecule has 2 amide bonds. The first-order valence-corrected chi connectivity index (χ1v) is 15.0. The molecule has 180 valence electrons. The fraction of sp³-hybridized carbons (Fsp3) is 0.583. The van der Waals surface area contributed by atoms with Crippen molar-refractivity contribution in [1.29, 1.82) is 0 Å². The Bertz CT molecular complexity index is 967. The number of benzene rings is 1. The van der Waals surface area contributed by atoms with Crippen LogP contribution in [-0.2, 0) is 19.9 Å². The highest BCUT2D eigenvalue weighted by molar-refractivity contribution is 6.71. The first kappa shape index (κ1) is 24.4. The van der Waals surface area contributed by atoms with Gasteiger partial charge < -0.3 is 24.4 Å². The second-order valence-corrected chi connectivity index (χ2v) is 14.4. The highest BCUT2D eigenvalue weighted by Crippen LogP contribution is 2.59.